The minimum Gasteiger partial charge on any atom is -0.483 e. The zero-order valence-corrected chi connectivity index (χ0v) is 14.1. The number of ketones is 1. The van der Waals surface area contributed by atoms with Gasteiger partial charge in [-0.25, -0.2) is 0 Å². The van der Waals surface area contributed by atoms with Crippen molar-refractivity contribution in [1.82, 2.24) is 5.32 Å². The summed E-state index contributed by atoms with van der Waals surface area (Å²) in [5, 5.41) is 3.61. The number of rotatable bonds is 4. The molecule has 1 aromatic carbocycles. The van der Waals surface area contributed by atoms with Crippen LogP contribution in [0, 0.1) is 0 Å². The molecule has 0 aliphatic heterocycles. The molecule has 1 unspecified atom stereocenters. The zero-order chi connectivity index (χ0) is 16.4. The van der Waals surface area contributed by atoms with Crippen LogP contribution in [-0.4, -0.2) is 24.3 Å². The third-order valence-corrected chi connectivity index (χ3v) is 5.08. The third kappa shape index (κ3) is 3.52. The largest absolute Gasteiger partial charge is 0.483 e. The quantitative estimate of drug-likeness (QED) is 0.909. The van der Waals surface area contributed by atoms with E-state index in [4.69, 9.17) is 16.3 Å². The standard InChI is InChI=1S/C18H22ClNO3/c1-11-9-14(21)18-15(8-7-13(19)17(11)18)23-10-16(22)20-12-5-3-2-4-6-12/h7-8,11-12H,2-6,9-10H2,1H3,(H,20,22). The van der Waals surface area contributed by atoms with Gasteiger partial charge in [-0.2, -0.15) is 0 Å². The number of hydrogen-bond acceptors (Lipinski definition) is 3. The van der Waals surface area contributed by atoms with E-state index in [-0.39, 0.29) is 30.3 Å². The van der Waals surface area contributed by atoms with E-state index in [9.17, 15) is 9.59 Å². The molecule has 124 valence electrons. The SMILES string of the molecule is CC1CC(=O)c2c(OCC(=O)NC3CCCCC3)ccc(Cl)c21. The van der Waals surface area contributed by atoms with Crippen LogP contribution in [0.3, 0.4) is 0 Å². The Morgan fingerprint density at radius 2 is 2.04 bits per heavy atom. The van der Waals surface area contributed by atoms with Gasteiger partial charge in [0.15, 0.2) is 12.4 Å². The predicted octanol–water partition coefficient (Wildman–Crippen LogP) is 3.86. The molecule has 0 heterocycles. The first-order chi connectivity index (χ1) is 11.1. The van der Waals surface area contributed by atoms with Crippen LogP contribution in [0.2, 0.25) is 5.02 Å². The molecule has 3 rings (SSSR count). The van der Waals surface area contributed by atoms with E-state index in [0.29, 0.717) is 22.8 Å². The van der Waals surface area contributed by atoms with Crippen LogP contribution in [0.1, 0.15) is 67.3 Å². The summed E-state index contributed by atoms with van der Waals surface area (Å²) >= 11 is 6.21. The van der Waals surface area contributed by atoms with Gasteiger partial charge in [-0.15, -0.1) is 0 Å². The second kappa shape index (κ2) is 6.91. The first-order valence-electron chi connectivity index (χ1n) is 8.34. The number of nitrogens with one attached hydrogen (secondary N) is 1. The number of amides is 1. The van der Waals surface area contributed by atoms with Crippen LogP contribution in [-0.2, 0) is 4.79 Å². The minimum absolute atomic E-state index is 0.0395. The van der Waals surface area contributed by atoms with Crippen molar-refractivity contribution in [2.24, 2.45) is 0 Å². The van der Waals surface area contributed by atoms with Gasteiger partial charge in [0.2, 0.25) is 0 Å². The molecular weight excluding hydrogens is 314 g/mol. The van der Waals surface area contributed by atoms with Gasteiger partial charge in [-0.1, -0.05) is 37.8 Å². The van der Waals surface area contributed by atoms with Crippen molar-refractivity contribution in [3.05, 3.63) is 28.3 Å². The Hall–Kier alpha value is -1.55. The molecule has 1 fully saturated rings. The number of halogens is 1. The first-order valence-corrected chi connectivity index (χ1v) is 8.72. The molecule has 0 saturated heterocycles. The van der Waals surface area contributed by atoms with E-state index >= 15 is 0 Å². The monoisotopic (exact) mass is 335 g/mol. The Bertz CT molecular complexity index is 623. The fourth-order valence-corrected chi connectivity index (χ4v) is 3.95. The van der Waals surface area contributed by atoms with Crippen molar-refractivity contribution in [3.8, 4) is 5.75 Å². The van der Waals surface area contributed by atoms with Gasteiger partial charge in [-0.3, -0.25) is 9.59 Å². The molecule has 0 spiro atoms. The highest BCUT2D eigenvalue weighted by Crippen LogP contribution is 2.42. The maximum atomic E-state index is 12.2. The van der Waals surface area contributed by atoms with Gasteiger partial charge in [0.1, 0.15) is 5.75 Å². The van der Waals surface area contributed by atoms with Crippen molar-refractivity contribution in [2.75, 3.05) is 6.61 Å². The molecule has 2 aliphatic carbocycles. The first kappa shape index (κ1) is 16.3. The molecule has 0 radical (unpaired) electrons. The summed E-state index contributed by atoms with van der Waals surface area (Å²) in [7, 11) is 0. The Morgan fingerprint density at radius 1 is 1.30 bits per heavy atom. The highest BCUT2D eigenvalue weighted by Gasteiger charge is 2.32. The van der Waals surface area contributed by atoms with Gasteiger partial charge in [0.25, 0.3) is 5.91 Å². The zero-order valence-electron chi connectivity index (χ0n) is 13.4. The van der Waals surface area contributed by atoms with Gasteiger partial charge in [-0.05, 0) is 36.5 Å². The number of carbonyl (C=O) groups excluding carboxylic acids is 2. The van der Waals surface area contributed by atoms with Crippen LogP contribution in [0.4, 0.5) is 0 Å². The number of ether oxygens (including phenoxy) is 1. The lowest BCUT2D eigenvalue weighted by molar-refractivity contribution is -0.124. The maximum Gasteiger partial charge on any atom is 0.258 e. The van der Waals surface area contributed by atoms with Gasteiger partial charge in [0.05, 0.1) is 5.56 Å². The van der Waals surface area contributed by atoms with Gasteiger partial charge < -0.3 is 10.1 Å². The summed E-state index contributed by atoms with van der Waals surface area (Å²) in [6, 6.07) is 3.69. The second-order valence-electron chi connectivity index (χ2n) is 6.55. The lowest BCUT2D eigenvalue weighted by Gasteiger charge is -2.22. The molecule has 5 heteroatoms. The number of fused-ring (bicyclic) bond motifs is 1. The summed E-state index contributed by atoms with van der Waals surface area (Å²) in [5.74, 6) is 0.485. The van der Waals surface area contributed by atoms with E-state index in [1.54, 1.807) is 12.1 Å². The van der Waals surface area contributed by atoms with Gasteiger partial charge >= 0.3 is 0 Å². The van der Waals surface area contributed by atoms with Crippen molar-refractivity contribution < 1.29 is 14.3 Å². The average Bonchev–Trinajstić information content (AvgIpc) is 2.84. The maximum absolute atomic E-state index is 12.2. The highest BCUT2D eigenvalue weighted by molar-refractivity contribution is 6.32. The molecule has 1 atom stereocenters. The number of hydrogen-bond donors (Lipinski definition) is 1. The Kier molecular flexibility index (Phi) is 4.90. The molecule has 0 bridgehead atoms. The van der Waals surface area contributed by atoms with E-state index < -0.39 is 0 Å². The molecule has 1 N–H and O–H groups in total. The predicted molar refractivity (Wildman–Crippen MR) is 89.3 cm³/mol. The number of Topliss-reactive ketones (excluding diaryl/α,β-unsaturated/α-hetero) is 1. The van der Waals surface area contributed by atoms with Crippen LogP contribution in [0.25, 0.3) is 0 Å². The van der Waals surface area contributed by atoms with Crippen molar-refractivity contribution in [1.29, 1.82) is 0 Å². The topological polar surface area (TPSA) is 55.4 Å². The summed E-state index contributed by atoms with van der Waals surface area (Å²) in [6.45, 7) is 1.92. The van der Waals surface area contributed by atoms with Crippen LogP contribution in [0.5, 0.6) is 5.75 Å². The fraction of sp³-hybridized carbons (Fsp3) is 0.556. The normalized spacial score (nSPS) is 21.1. The molecule has 1 amide bonds. The molecule has 23 heavy (non-hydrogen) atoms. The smallest absolute Gasteiger partial charge is 0.258 e. The summed E-state index contributed by atoms with van der Waals surface area (Å²) in [6.07, 6.45) is 6.12. The minimum atomic E-state index is -0.126. The van der Waals surface area contributed by atoms with Crippen molar-refractivity contribution in [3.63, 3.8) is 0 Å². The lowest BCUT2D eigenvalue weighted by Crippen LogP contribution is -2.39. The number of carbonyl (C=O) groups is 2. The Balaban J connectivity index is 1.65. The van der Waals surface area contributed by atoms with E-state index in [1.165, 1.54) is 19.3 Å². The van der Waals surface area contributed by atoms with E-state index in [1.807, 2.05) is 6.92 Å². The van der Waals surface area contributed by atoms with Crippen LogP contribution < -0.4 is 10.1 Å². The fourth-order valence-electron chi connectivity index (χ4n) is 3.61. The van der Waals surface area contributed by atoms with E-state index in [0.717, 1.165) is 18.4 Å². The molecular formula is C18H22ClNO3. The summed E-state index contributed by atoms with van der Waals surface area (Å²) in [4.78, 5) is 24.2. The second-order valence-corrected chi connectivity index (χ2v) is 6.96. The Morgan fingerprint density at radius 3 is 2.78 bits per heavy atom. The lowest BCUT2D eigenvalue weighted by atomic mass is 9.95. The Labute approximate surface area is 141 Å². The van der Waals surface area contributed by atoms with Crippen molar-refractivity contribution >= 4 is 23.3 Å². The molecule has 2 aliphatic rings. The molecule has 0 aromatic heterocycles. The number of benzene rings is 1. The van der Waals surface area contributed by atoms with Crippen LogP contribution in [0.15, 0.2) is 12.1 Å². The summed E-state index contributed by atoms with van der Waals surface area (Å²) in [5.41, 5.74) is 1.40. The van der Waals surface area contributed by atoms with Gasteiger partial charge in [0, 0.05) is 17.5 Å². The van der Waals surface area contributed by atoms with E-state index in [2.05, 4.69) is 5.32 Å². The summed E-state index contributed by atoms with van der Waals surface area (Å²) < 4.78 is 5.63. The van der Waals surface area contributed by atoms with Crippen LogP contribution >= 0.6 is 11.6 Å². The average molecular weight is 336 g/mol. The van der Waals surface area contributed by atoms with Crippen molar-refractivity contribution in [2.45, 2.75) is 57.4 Å². The highest BCUT2D eigenvalue weighted by atomic mass is 35.5. The molecule has 1 saturated carbocycles. The molecule has 4 nitrogen and oxygen atoms in total. The third-order valence-electron chi connectivity index (χ3n) is 4.75. The molecule has 1 aromatic rings.